The Morgan fingerprint density at radius 3 is 1.95 bits per heavy atom. The van der Waals surface area contributed by atoms with Crippen LogP contribution in [-0.2, 0) is 6.61 Å². The maximum absolute atomic E-state index is 14.0. The molecule has 22 heavy (non-hydrogen) atoms. The number of aromatic nitrogens is 1. The number of rotatable bonds is 3. The minimum absolute atomic E-state index is 0.270. The largest absolute Gasteiger partial charge is 0.392 e. The van der Waals surface area contributed by atoms with Crippen molar-refractivity contribution in [1.29, 1.82) is 0 Å². The first kappa shape index (κ1) is 14.4. The molecule has 0 atom stereocenters. The molecule has 0 unspecified atom stereocenters. The zero-order valence-electron chi connectivity index (χ0n) is 11.6. The number of hydrogen-bond acceptors (Lipinski definition) is 2. The first-order valence-electron chi connectivity index (χ1n) is 6.81. The molecule has 2 aromatic carbocycles. The highest BCUT2D eigenvalue weighted by Crippen LogP contribution is 2.29. The fraction of sp³-hybridized carbons (Fsp3) is 0.0556. The second-order valence-electron chi connectivity index (χ2n) is 4.82. The lowest BCUT2D eigenvalue weighted by Crippen LogP contribution is -1.98. The van der Waals surface area contributed by atoms with Crippen LogP contribution in [0.15, 0.2) is 60.7 Å². The fourth-order valence-corrected chi connectivity index (χ4v) is 2.32. The number of aliphatic hydroxyl groups excluding tert-OH is 1. The van der Waals surface area contributed by atoms with E-state index in [9.17, 15) is 13.9 Å². The molecule has 4 heteroatoms. The summed E-state index contributed by atoms with van der Waals surface area (Å²) in [4.78, 5) is 4.37. The van der Waals surface area contributed by atoms with E-state index in [1.165, 1.54) is 12.1 Å². The Labute approximate surface area is 126 Å². The maximum Gasteiger partial charge on any atom is 0.132 e. The van der Waals surface area contributed by atoms with Crippen molar-refractivity contribution in [2.75, 3.05) is 0 Å². The number of benzene rings is 2. The summed E-state index contributed by atoms with van der Waals surface area (Å²) >= 11 is 0. The minimum Gasteiger partial charge on any atom is -0.392 e. The van der Waals surface area contributed by atoms with Gasteiger partial charge in [0.2, 0.25) is 0 Å². The molecular weight excluding hydrogens is 284 g/mol. The smallest absolute Gasteiger partial charge is 0.132 e. The van der Waals surface area contributed by atoms with Gasteiger partial charge in [0.15, 0.2) is 0 Å². The fourth-order valence-electron chi connectivity index (χ4n) is 2.32. The van der Waals surface area contributed by atoms with Crippen molar-refractivity contribution in [2.24, 2.45) is 0 Å². The molecule has 1 aromatic heterocycles. The first-order chi connectivity index (χ1) is 10.7. The van der Waals surface area contributed by atoms with Crippen LogP contribution in [0.5, 0.6) is 0 Å². The highest BCUT2D eigenvalue weighted by Gasteiger charge is 2.14. The molecule has 0 aliphatic rings. The third-order valence-corrected chi connectivity index (χ3v) is 3.43. The lowest BCUT2D eigenvalue weighted by atomic mass is 10.0. The summed E-state index contributed by atoms with van der Waals surface area (Å²) in [6, 6.07) is 15.7. The number of hydrogen-bond donors (Lipinski definition) is 1. The van der Waals surface area contributed by atoms with E-state index in [-0.39, 0.29) is 12.2 Å². The molecule has 0 amide bonds. The minimum atomic E-state index is -0.435. The molecule has 0 saturated carbocycles. The van der Waals surface area contributed by atoms with Crippen LogP contribution < -0.4 is 0 Å². The van der Waals surface area contributed by atoms with Crippen molar-refractivity contribution in [3.63, 3.8) is 0 Å². The van der Waals surface area contributed by atoms with Gasteiger partial charge in [-0.2, -0.15) is 0 Å². The molecule has 1 N–H and O–H groups in total. The van der Waals surface area contributed by atoms with Gasteiger partial charge in [0.1, 0.15) is 11.6 Å². The molecule has 0 aliphatic heterocycles. The zero-order chi connectivity index (χ0) is 15.5. The summed E-state index contributed by atoms with van der Waals surface area (Å²) in [7, 11) is 0. The number of aliphatic hydroxyl groups is 1. The summed E-state index contributed by atoms with van der Waals surface area (Å²) in [6.45, 7) is -0.270. The molecule has 0 aliphatic carbocycles. The highest BCUT2D eigenvalue weighted by molar-refractivity contribution is 5.69. The van der Waals surface area contributed by atoms with Crippen LogP contribution in [0.2, 0.25) is 0 Å². The number of halogens is 2. The normalized spacial score (nSPS) is 10.7. The average Bonchev–Trinajstić information content (AvgIpc) is 2.55. The highest BCUT2D eigenvalue weighted by atomic mass is 19.1. The Morgan fingerprint density at radius 1 is 0.773 bits per heavy atom. The van der Waals surface area contributed by atoms with Gasteiger partial charge in [0.05, 0.1) is 18.0 Å². The molecule has 0 bridgehead atoms. The topological polar surface area (TPSA) is 33.1 Å². The van der Waals surface area contributed by atoms with Gasteiger partial charge >= 0.3 is 0 Å². The Morgan fingerprint density at radius 2 is 1.36 bits per heavy atom. The summed E-state index contributed by atoms with van der Waals surface area (Å²) in [5, 5.41) is 9.45. The van der Waals surface area contributed by atoms with Crippen LogP contribution in [0.3, 0.4) is 0 Å². The van der Waals surface area contributed by atoms with E-state index >= 15 is 0 Å². The molecule has 1 heterocycles. The van der Waals surface area contributed by atoms with Crippen molar-refractivity contribution >= 4 is 0 Å². The Hall–Kier alpha value is -2.59. The quantitative estimate of drug-likeness (QED) is 0.786. The Balaban J connectivity index is 2.20. The molecule has 110 valence electrons. The van der Waals surface area contributed by atoms with Gasteiger partial charge in [-0.05, 0) is 30.3 Å². The van der Waals surface area contributed by atoms with Crippen LogP contribution in [0.1, 0.15) is 5.56 Å². The van der Waals surface area contributed by atoms with Crippen LogP contribution in [0.4, 0.5) is 8.78 Å². The van der Waals surface area contributed by atoms with Crippen molar-refractivity contribution in [3.05, 3.63) is 77.9 Å². The summed E-state index contributed by atoms with van der Waals surface area (Å²) in [5.41, 5.74) is 1.83. The number of nitrogens with zero attached hydrogens (tertiary/aromatic N) is 1. The Kier molecular flexibility index (Phi) is 3.94. The van der Waals surface area contributed by atoms with Gasteiger partial charge in [-0.3, -0.25) is 0 Å². The van der Waals surface area contributed by atoms with Crippen LogP contribution in [-0.4, -0.2) is 10.1 Å². The summed E-state index contributed by atoms with van der Waals surface area (Å²) in [5.74, 6) is -0.832. The van der Waals surface area contributed by atoms with Gasteiger partial charge < -0.3 is 5.11 Å². The third-order valence-electron chi connectivity index (χ3n) is 3.43. The molecule has 0 spiro atoms. The van der Waals surface area contributed by atoms with E-state index in [1.807, 2.05) is 0 Å². The SMILES string of the molecule is OCc1ccc(-c2ccccc2F)nc1-c1ccccc1F. The second kappa shape index (κ2) is 6.03. The zero-order valence-corrected chi connectivity index (χ0v) is 11.6. The molecule has 3 aromatic rings. The third kappa shape index (κ3) is 2.61. The Bertz CT molecular complexity index is 818. The van der Waals surface area contributed by atoms with Gasteiger partial charge in [-0.1, -0.05) is 30.3 Å². The summed E-state index contributed by atoms with van der Waals surface area (Å²) in [6.07, 6.45) is 0. The van der Waals surface area contributed by atoms with Gasteiger partial charge in [-0.25, -0.2) is 13.8 Å². The predicted octanol–water partition coefficient (Wildman–Crippen LogP) is 4.19. The first-order valence-corrected chi connectivity index (χ1v) is 6.81. The number of pyridine rings is 1. The van der Waals surface area contributed by atoms with E-state index < -0.39 is 11.6 Å². The van der Waals surface area contributed by atoms with E-state index in [0.29, 0.717) is 22.5 Å². The van der Waals surface area contributed by atoms with E-state index in [1.54, 1.807) is 48.5 Å². The van der Waals surface area contributed by atoms with E-state index in [4.69, 9.17) is 0 Å². The van der Waals surface area contributed by atoms with Crippen LogP contribution in [0.25, 0.3) is 22.5 Å². The molecular formula is C18H13F2NO. The van der Waals surface area contributed by atoms with Crippen LogP contribution >= 0.6 is 0 Å². The molecule has 0 fully saturated rings. The van der Waals surface area contributed by atoms with E-state index in [0.717, 1.165) is 0 Å². The van der Waals surface area contributed by atoms with Crippen molar-refractivity contribution in [3.8, 4) is 22.5 Å². The van der Waals surface area contributed by atoms with Crippen molar-refractivity contribution < 1.29 is 13.9 Å². The average molecular weight is 297 g/mol. The molecule has 2 nitrogen and oxygen atoms in total. The van der Waals surface area contributed by atoms with Crippen molar-refractivity contribution in [1.82, 2.24) is 4.98 Å². The lowest BCUT2D eigenvalue weighted by molar-refractivity contribution is 0.282. The molecule has 0 radical (unpaired) electrons. The van der Waals surface area contributed by atoms with Gasteiger partial charge in [0, 0.05) is 16.7 Å². The van der Waals surface area contributed by atoms with Crippen molar-refractivity contribution in [2.45, 2.75) is 6.61 Å². The molecule has 0 saturated heterocycles. The monoisotopic (exact) mass is 297 g/mol. The van der Waals surface area contributed by atoms with Gasteiger partial charge in [-0.15, -0.1) is 0 Å². The predicted molar refractivity (Wildman–Crippen MR) is 80.9 cm³/mol. The van der Waals surface area contributed by atoms with Crippen LogP contribution in [0, 0.1) is 11.6 Å². The maximum atomic E-state index is 14.0. The standard InChI is InChI=1S/C18H13F2NO/c19-15-7-3-1-5-13(15)17-10-9-12(11-22)18(21-17)14-6-2-4-8-16(14)20/h1-10,22H,11H2. The lowest BCUT2D eigenvalue weighted by Gasteiger charge is -2.11. The second-order valence-corrected chi connectivity index (χ2v) is 4.82. The van der Waals surface area contributed by atoms with E-state index in [2.05, 4.69) is 4.98 Å². The summed E-state index contributed by atoms with van der Waals surface area (Å²) < 4.78 is 27.9. The van der Waals surface area contributed by atoms with Gasteiger partial charge in [0.25, 0.3) is 0 Å². The molecule has 3 rings (SSSR count).